The van der Waals surface area contributed by atoms with Crippen molar-refractivity contribution in [3.8, 4) is 0 Å². The molecule has 2 saturated heterocycles. The summed E-state index contributed by atoms with van der Waals surface area (Å²) < 4.78 is 6.04. The van der Waals surface area contributed by atoms with Gasteiger partial charge in [0.05, 0.1) is 5.60 Å². The fourth-order valence-electron chi connectivity index (χ4n) is 3.04. The van der Waals surface area contributed by atoms with Gasteiger partial charge in [-0.05, 0) is 32.4 Å². The number of anilines is 1. The number of ether oxygens (including phenoxy) is 1. The maximum Gasteiger partial charge on any atom is 0.222 e. The van der Waals surface area contributed by atoms with Crippen molar-refractivity contribution in [1.29, 1.82) is 0 Å². The Bertz CT molecular complexity index is 395. The van der Waals surface area contributed by atoms with Gasteiger partial charge in [-0.2, -0.15) is 0 Å². The lowest BCUT2D eigenvalue weighted by atomic mass is 9.89. The van der Waals surface area contributed by atoms with Crippen LogP contribution in [0.3, 0.4) is 0 Å². The average molecular weight is 248 g/mol. The van der Waals surface area contributed by atoms with E-state index in [1.165, 1.54) is 0 Å². The van der Waals surface area contributed by atoms with E-state index in [0.717, 1.165) is 44.9 Å². The smallest absolute Gasteiger partial charge is 0.222 e. The Labute approximate surface area is 108 Å². The Kier molecular flexibility index (Phi) is 3.18. The molecule has 0 unspecified atom stereocenters. The minimum Gasteiger partial charge on any atom is -0.373 e. The number of likely N-dealkylation sites (tertiary alicyclic amines) is 1. The van der Waals surface area contributed by atoms with E-state index < -0.39 is 0 Å². The molecule has 1 spiro atoms. The van der Waals surface area contributed by atoms with Crippen LogP contribution >= 0.6 is 0 Å². The van der Waals surface area contributed by atoms with E-state index in [0.29, 0.717) is 6.04 Å². The molecule has 98 valence electrons. The minimum absolute atomic E-state index is 0.0550. The van der Waals surface area contributed by atoms with E-state index in [2.05, 4.69) is 27.2 Å². The molecular formula is C13H20N4O. The van der Waals surface area contributed by atoms with Gasteiger partial charge in [0, 0.05) is 38.1 Å². The number of nitrogens with zero attached hydrogens (tertiary/aromatic N) is 3. The molecule has 2 atom stereocenters. The van der Waals surface area contributed by atoms with E-state index >= 15 is 0 Å². The first-order valence-electron chi connectivity index (χ1n) is 6.62. The predicted octanol–water partition coefficient (Wildman–Crippen LogP) is 1.14. The van der Waals surface area contributed by atoms with Crippen molar-refractivity contribution in [2.75, 3.05) is 32.1 Å². The number of likely N-dealkylation sites (N-methyl/N-ethyl adjacent to an activating group) is 1. The van der Waals surface area contributed by atoms with Crippen LogP contribution in [0.5, 0.6) is 0 Å². The molecule has 1 N–H and O–H groups in total. The van der Waals surface area contributed by atoms with Gasteiger partial charge >= 0.3 is 0 Å². The third-order valence-corrected chi connectivity index (χ3v) is 3.90. The third-order valence-electron chi connectivity index (χ3n) is 3.90. The van der Waals surface area contributed by atoms with Gasteiger partial charge in [-0.3, -0.25) is 0 Å². The normalized spacial score (nSPS) is 32.8. The number of rotatable bonds is 2. The molecule has 2 aliphatic heterocycles. The highest BCUT2D eigenvalue weighted by atomic mass is 16.5. The molecule has 0 bridgehead atoms. The minimum atomic E-state index is 0.0550. The van der Waals surface area contributed by atoms with Gasteiger partial charge in [-0.1, -0.05) is 0 Å². The molecule has 1 aromatic rings. The lowest BCUT2D eigenvalue weighted by Crippen LogP contribution is -2.46. The van der Waals surface area contributed by atoms with Gasteiger partial charge in [0.1, 0.15) is 0 Å². The summed E-state index contributed by atoms with van der Waals surface area (Å²) in [4.78, 5) is 10.8. The molecule has 0 radical (unpaired) electrons. The van der Waals surface area contributed by atoms with Crippen molar-refractivity contribution < 1.29 is 4.74 Å². The van der Waals surface area contributed by atoms with Crippen molar-refractivity contribution >= 4 is 5.95 Å². The van der Waals surface area contributed by atoms with E-state index in [9.17, 15) is 0 Å². The summed E-state index contributed by atoms with van der Waals surface area (Å²) in [7, 11) is 2.16. The van der Waals surface area contributed by atoms with Crippen molar-refractivity contribution in [2.24, 2.45) is 0 Å². The fourth-order valence-corrected chi connectivity index (χ4v) is 3.04. The van der Waals surface area contributed by atoms with Crippen LogP contribution in [0.4, 0.5) is 5.95 Å². The van der Waals surface area contributed by atoms with Gasteiger partial charge in [0.15, 0.2) is 0 Å². The first-order chi connectivity index (χ1) is 8.76. The Balaban J connectivity index is 1.64. The zero-order valence-corrected chi connectivity index (χ0v) is 10.8. The Hall–Kier alpha value is -1.20. The lowest BCUT2D eigenvalue weighted by Gasteiger charge is -2.38. The molecule has 1 aromatic heterocycles. The Morgan fingerprint density at radius 3 is 3.00 bits per heavy atom. The molecule has 2 aliphatic rings. The van der Waals surface area contributed by atoms with E-state index in [-0.39, 0.29) is 5.60 Å². The van der Waals surface area contributed by atoms with E-state index in [1.54, 1.807) is 12.4 Å². The SMILES string of the molecule is CN1CC[C@@]2(C[C@H](Nc3ncccn3)CCO2)C1. The molecule has 0 aromatic carbocycles. The summed E-state index contributed by atoms with van der Waals surface area (Å²) in [6.07, 6.45) is 6.76. The van der Waals surface area contributed by atoms with Crippen LogP contribution in [0.2, 0.25) is 0 Å². The summed E-state index contributed by atoms with van der Waals surface area (Å²) in [6.45, 7) is 3.01. The van der Waals surface area contributed by atoms with Crippen LogP contribution < -0.4 is 5.32 Å². The monoisotopic (exact) mass is 248 g/mol. The van der Waals surface area contributed by atoms with Crippen LogP contribution in [0.1, 0.15) is 19.3 Å². The van der Waals surface area contributed by atoms with Crippen LogP contribution in [0.25, 0.3) is 0 Å². The number of hydrogen-bond donors (Lipinski definition) is 1. The van der Waals surface area contributed by atoms with Gasteiger partial charge < -0.3 is 15.0 Å². The quantitative estimate of drug-likeness (QED) is 0.850. The number of hydrogen-bond acceptors (Lipinski definition) is 5. The average Bonchev–Trinajstić information content (AvgIpc) is 2.72. The fraction of sp³-hybridized carbons (Fsp3) is 0.692. The Morgan fingerprint density at radius 2 is 2.28 bits per heavy atom. The molecule has 3 heterocycles. The van der Waals surface area contributed by atoms with Crippen LogP contribution in [0, 0.1) is 0 Å². The maximum atomic E-state index is 6.04. The lowest BCUT2D eigenvalue weighted by molar-refractivity contribution is -0.0723. The highest BCUT2D eigenvalue weighted by Crippen LogP contribution is 2.34. The second kappa shape index (κ2) is 4.82. The molecular weight excluding hydrogens is 228 g/mol. The largest absolute Gasteiger partial charge is 0.373 e. The third kappa shape index (κ3) is 2.47. The van der Waals surface area contributed by atoms with Gasteiger partial charge in [0.25, 0.3) is 0 Å². The van der Waals surface area contributed by atoms with Crippen LogP contribution in [0.15, 0.2) is 18.5 Å². The van der Waals surface area contributed by atoms with Gasteiger partial charge in [0.2, 0.25) is 5.95 Å². The number of aromatic nitrogens is 2. The summed E-state index contributed by atoms with van der Waals surface area (Å²) in [5.41, 5.74) is 0.0550. The second-order valence-electron chi connectivity index (χ2n) is 5.43. The Morgan fingerprint density at radius 1 is 1.44 bits per heavy atom. The first kappa shape index (κ1) is 11.9. The van der Waals surface area contributed by atoms with Crippen molar-refractivity contribution in [1.82, 2.24) is 14.9 Å². The molecule has 2 fully saturated rings. The zero-order chi connectivity index (χ0) is 12.4. The molecule has 0 saturated carbocycles. The summed E-state index contributed by atoms with van der Waals surface area (Å²) >= 11 is 0. The van der Waals surface area contributed by atoms with Crippen LogP contribution in [-0.2, 0) is 4.74 Å². The molecule has 3 rings (SSSR count). The van der Waals surface area contributed by atoms with Gasteiger partial charge in [-0.15, -0.1) is 0 Å². The van der Waals surface area contributed by atoms with Crippen molar-refractivity contribution in [3.63, 3.8) is 0 Å². The van der Waals surface area contributed by atoms with Crippen molar-refractivity contribution in [2.45, 2.75) is 30.9 Å². The highest BCUT2D eigenvalue weighted by molar-refractivity contribution is 5.25. The molecule has 0 aliphatic carbocycles. The molecule has 5 nitrogen and oxygen atoms in total. The van der Waals surface area contributed by atoms with Crippen molar-refractivity contribution in [3.05, 3.63) is 18.5 Å². The molecule has 0 amide bonds. The first-order valence-corrected chi connectivity index (χ1v) is 6.62. The highest BCUT2D eigenvalue weighted by Gasteiger charge is 2.42. The van der Waals surface area contributed by atoms with E-state index in [4.69, 9.17) is 4.74 Å². The summed E-state index contributed by atoms with van der Waals surface area (Å²) in [6, 6.07) is 2.26. The maximum absolute atomic E-state index is 6.04. The van der Waals surface area contributed by atoms with Gasteiger partial charge in [-0.25, -0.2) is 9.97 Å². The summed E-state index contributed by atoms with van der Waals surface area (Å²) in [5, 5.41) is 3.43. The predicted molar refractivity (Wildman–Crippen MR) is 69.5 cm³/mol. The topological polar surface area (TPSA) is 50.3 Å². The molecule has 5 heteroatoms. The zero-order valence-electron chi connectivity index (χ0n) is 10.8. The second-order valence-corrected chi connectivity index (χ2v) is 5.43. The summed E-state index contributed by atoms with van der Waals surface area (Å²) in [5.74, 6) is 0.728. The number of nitrogens with one attached hydrogen (secondary N) is 1. The standard InChI is InChI=1S/C13H20N4O/c1-17-7-4-13(10-17)9-11(3-8-18-13)16-12-14-5-2-6-15-12/h2,5-6,11H,3-4,7-10H2,1H3,(H,14,15,16)/t11-,13-/m1/s1. The van der Waals surface area contributed by atoms with Crippen LogP contribution in [-0.4, -0.2) is 53.3 Å². The molecule has 18 heavy (non-hydrogen) atoms. The van der Waals surface area contributed by atoms with E-state index in [1.807, 2.05) is 6.07 Å².